The molecule has 1 heterocycles. The van der Waals surface area contributed by atoms with E-state index < -0.39 is 0 Å². The fourth-order valence-electron chi connectivity index (χ4n) is 2.45. The average Bonchev–Trinajstić information content (AvgIpc) is 2.85. The molecule has 0 radical (unpaired) electrons. The summed E-state index contributed by atoms with van der Waals surface area (Å²) in [6.07, 6.45) is 5.26. The van der Waals surface area contributed by atoms with Crippen LogP contribution in [-0.4, -0.2) is 14.8 Å². The fourth-order valence-corrected chi connectivity index (χ4v) is 2.84. The van der Waals surface area contributed by atoms with Crippen LogP contribution in [0.1, 0.15) is 63.1 Å². The third kappa shape index (κ3) is 2.10. The Kier molecular flexibility index (Phi) is 3.44. The van der Waals surface area contributed by atoms with Gasteiger partial charge in [-0.25, -0.2) is 0 Å². The first-order valence-electron chi connectivity index (χ1n) is 5.73. The summed E-state index contributed by atoms with van der Waals surface area (Å²) in [6.45, 7) is 4.40. The molecule has 15 heavy (non-hydrogen) atoms. The molecule has 0 atom stereocenters. The third-order valence-electron chi connectivity index (χ3n) is 3.15. The first-order valence-corrected chi connectivity index (χ1v) is 6.85. The van der Waals surface area contributed by atoms with Crippen LogP contribution in [0.5, 0.6) is 0 Å². The summed E-state index contributed by atoms with van der Waals surface area (Å²) < 4.78 is 2.30. The van der Waals surface area contributed by atoms with Crippen molar-refractivity contribution in [2.75, 3.05) is 0 Å². The predicted octanol–water partition coefficient (Wildman–Crippen LogP) is 3.41. The van der Waals surface area contributed by atoms with Crippen LogP contribution in [-0.2, 0) is 5.33 Å². The zero-order chi connectivity index (χ0) is 10.8. The van der Waals surface area contributed by atoms with Crippen LogP contribution in [0.4, 0.5) is 0 Å². The molecular weight excluding hydrogens is 254 g/mol. The first-order chi connectivity index (χ1) is 7.24. The van der Waals surface area contributed by atoms with Crippen molar-refractivity contribution in [2.45, 2.75) is 56.8 Å². The zero-order valence-electron chi connectivity index (χ0n) is 9.41. The Hall–Kier alpha value is -0.380. The highest BCUT2D eigenvalue weighted by atomic mass is 79.9. The summed E-state index contributed by atoms with van der Waals surface area (Å²) in [5, 5.41) is 9.44. The van der Waals surface area contributed by atoms with Gasteiger partial charge in [-0.2, -0.15) is 0 Å². The number of aromatic nitrogens is 3. The van der Waals surface area contributed by atoms with Gasteiger partial charge in [-0.1, -0.05) is 28.8 Å². The highest BCUT2D eigenvalue weighted by Crippen LogP contribution is 2.34. The van der Waals surface area contributed by atoms with Crippen molar-refractivity contribution in [3.8, 4) is 0 Å². The summed E-state index contributed by atoms with van der Waals surface area (Å²) >= 11 is 3.48. The van der Waals surface area contributed by atoms with E-state index in [4.69, 9.17) is 0 Å². The molecule has 0 unspecified atom stereocenters. The van der Waals surface area contributed by atoms with Gasteiger partial charge in [-0.15, -0.1) is 10.2 Å². The molecule has 0 aliphatic heterocycles. The van der Waals surface area contributed by atoms with Gasteiger partial charge in [0.25, 0.3) is 0 Å². The minimum absolute atomic E-state index is 0.461. The second-order valence-corrected chi connectivity index (χ2v) is 5.11. The number of rotatable bonds is 3. The lowest BCUT2D eigenvalue weighted by molar-refractivity contribution is 0.518. The van der Waals surface area contributed by atoms with Crippen molar-refractivity contribution in [3.05, 3.63) is 11.6 Å². The maximum Gasteiger partial charge on any atom is 0.143 e. The Morgan fingerprint density at radius 2 is 2.00 bits per heavy atom. The van der Waals surface area contributed by atoms with Gasteiger partial charge < -0.3 is 4.57 Å². The van der Waals surface area contributed by atoms with E-state index in [2.05, 4.69) is 44.5 Å². The molecule has 1 aromatic rings. The van der Waals surface area contributed by atoms with Crippen LogP contribution in [0.3, 0.4) is 0 Å². The topological polar surface area (TPSA) is 30.7 Å². The van der Waals surface area contributed by atoms with Crippen molar-refractivity contribution in [1.82, 2.24) is 14.8 Å². The molecule has 1 aromatic heterocycles. The Labute approximate surface area is 99.4 Å². The number of hydrogen-bond donors (Lipinski definition) is 0. The molecule has 0 saturated heterocycles. The molecule has 0 spiro atoms. The molecule has 4 heteroatoms. The van der Waals surface area contributed by atoms with E-state index in [0.717, 1.165) is 11.2 Å². The van der Waals surface area contributed by atoms with Crippen LogP contribution < -0.4 is 0 Å². The summed E-state index contributed by atoms with van der Waals surface area (Å²) in [5.74, 6) is 2.91. The summed E-state index contributed by atoms with van der Waals surface area (Å²) in [7, 11) is 0. The maximum absolute atomic E-state index is 4.37. The fraction of sp³-hybridized carbons (Fsp3) is 0.818. The minimum atomic E-state index is 0.461. The van der Waals surface area contributed by atoms with Gasteiger partial charge in [0.1, 0.15) is 11.6 Å². The molecule has 84 valence electrons. The molecule has 1 saturated carbocycles. The molecular formula is C11H18BrN3. The van der Waals surface area contributed by atoms with Crippen LogP contribution in [0.2, 0.25) is 0 Å². The van der Waals surface area contributed by atoms with Gasteiger partial charge >= 0.3 is 0 Å². The van der Waals surface area contributed by atoms with Gasteiger partial charge in [0.05, 0.1) is 5.33 Å². The molecule has 2 rings (SSSR count). The van der Waals surface area contributed by atoms with E-state index in [1.54, 1.807) is 0 Å². The maximum atomic E-state index is 4.37. The minimum Gasteiger partial charge on any atom is -0.311 e. The predicted molar refractivity (Wildman–Crippen MR) is 64.2 cm³/mol. The molecule has 3 nitrogen and oxygen atoms in total. The molecule has 0 bridgehead atoms. The van der Waals surface area contributed by atoms with Crippen molar-refractivity contribution in [1.29, 1.82) is 0 Å². The lowest BCUT2D eigenvalue weighted by Crippen LogP contribution is -2.11. The lowest BCUT2D eigenvalue weighted by atomic mass is 10.1. The van der Waals surface area contributed by atoms with E-state index in [9.17, 15) is 0 Å². The van der Waals surface area contributed by atoms with E-state index >= 15 is 0 Å². The van der Waals surface area contributed by atoms with Gasteiger partial charge in [0.15, 0.2) is 0 Å². The van der Waals surface area contributed by atoms with E-state index in [-0.39, 0.29) is 0 Å². The van der Waals surface area contributed by atoms with Gasteiger partial charge in [-0.05, 0) is 26.7 Å². The molecule has 0 aromatic carbocycles. The molecule has 1 fully saturated rings. The summed E-state index contributed by atoms with van der Waals surface area (Å²) in [6, 6.07) is 0.461. The number of alkyl halides is 1. The van der Waals surface area contributed by atoms with E-state index in [1.807, 2.05) is 0 Å². The second kappa shape index (κ2) is 4.64. The van der Waals surface area contributed by atoms with Crippen LogP contribution in [0, 0.1) is 0 Å². The number of nitrogens with zero attached hydrogens (tertiary/aromatic N) is 3. The highest BCUT2D eigenvalue weighted by molar-refractivity contribution is 9.08. The van der Waals surface area contributed by atoms with E-state index in [1.165, 1.54) is 31.5 Å². The number of halogens is 1. The van der Waals surface area contributed by atoms with Crippen LogP contribution in [0.25, 0.3) is 0 Å². The third-order valence-corrected chi connectivity index (χ3v) is 3.65. The van der Waals surface area contributed by atoms with Gasteiger partial charge in [-0.3, -0.25) is 0 Å². The number of hydrogen-bond acceptors (Lipinski definition) is 2. The summed E-state index contributed by atoms with van der Waals surface area (Å²) in [5.41, 5.74) is 0. The average molecular weight is 272 g/mol. The molecule has 1 aliphatic rings. The van der Waals surface area contributed by atoms with Crippen LogP contribution >= 0.6 is 15.9 Å². The molecule has 0 amide bonds. The lowest BCUT2D eigenvalue weighted by Gasteiger charge is -2.16. The highest BCUT2D eigenvalue weighted by Gasteiger charge is 2.24. The SMILES string of the molecule is CC(C)n1c(CBr)nnc1C1CCCC1. The Balaban J connectivity index is 2.33. The molecule has 1 aliphatic carbocycles. The standard InChI is InChI=1S/C11H18BrN3/c1-8(2)15-10(7-12)13-14-11(15)9-5-3-4-6-9/h8-9H,3-7H2,1-2H3. The Morgan fingerprint density at radius 1 is 1.33 bits per heavy atom. The monoisotopic (exact) mass is 271 g/mol. The van der Waals surface area contributed by atoms with Crippen molar-refractivity contribution < 1.29 is 0 Å². The Bertz CT molecular complexity index is 327. The zero-order valence-corrected chi connectivity index (χ0v) is 11.0. The van der Waals surface area contributed by atoms with Gasteiger partial charge in [0.2, 0.25) is 0 Å². The first kappa shape index (κ1) is 11.1. The van der Waals surface area contributed by atoms with Crippen LogP contribution in [0.15, 0.2) is 0 Å². The smallest absolute Gasteiger partial charge is 0.143 e. The van der Waals surface area contributed by atoms with Gasteiger partial charge in [0, 0.05) is 12.0 Å². The van der Waals surface area contributed by atoms with E-state index in [0.29, 0.717) is 12.0 Å². The summed E-state index contributed by atoms with van der Waals surface area (Å²) in [4.78, 5) is 0. The van der Waals surface area contributed by atoms with Crippen molar-refractivity contribution >= 4 is 15.9 Å². The van der Waals surface area contributed by atoms with Crippen molar-refractivity contribution in [2.24, 2.45) is 0 Å². The largest absolute Gasteiger partial charge is 0.311 e. The Morgan fingerprint density at radius 3 is 2.53 bits per heavy atom. The quantitative estimate of drug-likeness (QED) is 0.789. The second-order valence-electron chi connectivity index (χ2n) is 4.55. The molecule has 0 N–H and O–H groups in total. The normalized spacial score (nSPS) is 17.9. The van der Waals surface area contributed by atoms with Crippen molar-refractivity contribution in [3.63, 3.8) is 0 Å².